The molecular weight excluding hydrogens is 1090 g/mol. The topological polar surface area (TPSA) is 471 Å². The van der Waals surface area contributed by atoms with Gasteiger partial charge >= 0.3 is 0 Å². The van der Waals surface area contributed by atoms with Crippen LogP contribution in [0.2, 0.25) is 0 Å². The van der Waals surface area contributed by atoms with E-state index in [4.69, 9.17) is 40.1 Å². The number of amides is 7. The van der Waals surface area contributed by atoms with Crippen molar-refractivity contribution in [3.05, 3.63) is 18.2 Å². The number of Topliss-reactive ketones (excluding diaryl/α,β-unsaturated/α-hetero) is 4. The maximum atomic E-state index is 14.5. The summed E-state index contributed by atoms with van der Waals surface area (Å²) in [6.45, 7) is 9.96. The molecule has 0 saturated heterocycles. The van der Waals surface area contributed by atoms with E-state index in [2.05, 4.69) is 41.5 Å². The molecule has 482 valence electrons. The number of ketones is 4. The van der Waals surface area contributed by atoms with E-state index in [1.165, 1.54) is 19.4 Å². The maximum absolute atomic E-state index is 14.5. The summed E-state index contributed by atoms with van der Waals surface area (Å²) in [4.78, 5) is 161. The van der Waals surface area contributed by atoms with Crippen LogP contribution in [0.5, 0.6) is 0 Å². The van der Waals surface area contributed by atoms with Crippen molar-refractivity contribution in [2.75, 3.05) is 32.7 Å². The molecule has 0 unspecified atom stereocenters. The minimum absolute atomic E-state index is 0.00232. The molecule has 9 atom stereocenters. The SMILES string of the molecule is CCCCC[C@H](NC(=O)[C@@H](CC(=O)[C@H](C)NC(=O)[C@H](CCCCN)CC(=O)[C@H](CCCN=C(N)N)NC(=O)[C@H](CCCCN)CC(=O)[C@H](CCC(N)=O)NC(=O)[C@@H](CC(=O)CNC(=O)[C@@H](CC)CCCCN)Cc1cnc[nH]1)CC(C)C)C(N)=O. The Labute approximate surface area is 502 Å². The van der Waals surface area contributed by atoms with Gasteiger partial charge in [0.05, 0.1) is 36.9 Å². The number of H-pyrrole nitrogens is 1. The quantitative estimate of drug-likeness (QED) is 0.0247. The molecule has 0 aromatic carbocycles. The van der Waals surface area contributed by atoms with Gasteiger partial charge in [-0.2, -0.15) is 0 Å². The number of nitrogens with one attached hydrogen (secondary N) is 6. The highest BCUT2D eigenvalue weighted by molar-refractivity contribution is 5.98. The van der Waals surface area contributed by atoms with E-state index in [1.54, 1.807) is 0 Å². The first-order valence-corrected chi connectivity index (χ1v) is 30.7. The van der Waals surface area contributed by atoms with E-state index in [-0.39, 0.29) is 108 Å². The third-order valence-electron chi connectivity index (χ3n) is 15.1. The second-order valence-corrected chi connectivity index (χ2v) is 22.9. The number of aliphatic imine (C=N–C) groups is 1. The minimum atomic E-state index is -1.35. The van der Waals surface area contributed by atoms with Crippen LogP contribution in [0.15, 0.2) is 17.5 Å². The number of carbonyl (C=O) groups excluding carboxylic acids is 11. The Bertz CT molecular complexity index is 2260. The summed E-state index contributed by atoms with van der Waals surface area (Å²) < 4.78 is 0. The molecule has 0 aliphatic carbocycles. The molecule has 85 heavy (non-hydrogen) atoms. The van der Waals surface area contributed by atoms with Crippen molar-refractivity contribution >= 4 is 70.4 Å². The Morgan fingerprint density at radius 3 is 1.53 bits per heavy atom. The first-order chi connectivity index (χ1) is 40.4. The van der Waals surface area contributed by atoms with Gasteiger partial charge in [0.2, 0.25) is 41.4 Å². The molecule has 26 nitrogen and oxygen atoms in total. The highest BCUT2D eigenvalue weighted by atomic mass is 16.2. The van der Waals surface area contributed by atoms with Crippen molar-refractivity contribution in [1.29, 1.82) is 0 Å². The molecular formula is C59H105N15O11. The van der Waals surface area contributed by atoms with Crippen LogP contribution in [-0.2, 0) is 59.2 Å². The lowest BCUT2D eigenvalue weighted by Gasteiger charge is -2.26. The van der Waals surface area contributed by atoms with Crippen LogP contribution in [0.25, 0.3) is 0 Å². The molecule has 20 N–H and O–H groups in total. The third-order valence-corrected chi connectivity index (χ3v) is 15.1. The Hall–Kier alpha value is -6.67. The normalized spacial score (nSPS) is 14.5. The molecule has 0 bridgehead atoms. The fourth-order valence-corrected chi connectivity index (χ4v) is 10.00. The van der Waals surface area contributed by atoms with Gasteiger partial charge in [-0.1, -0.05) is 66.2 Å². The Morgan fingerprint density at radius 1 is 0.541 bits per heavy atom. The minimum Gasteiger partial charge on any atom is -0.370 e. The number of imidazole rings is 1. The molecule has 0 spiro atoms. The number of aromatic nitrogens is 2. The standard InChI is InChI=1S/C59H105N15O11/c1-6-8-9-20-48(53(64)80)74-57(84)42(28-37(3)4)33-49(76)38(5)71-55(82)40(18-11-14-25-61)31-50(77)46(21-16-27-68-59(65)66)72-56(83)41(19-12-15-26-62)32-51(78)47(22-23-52(63)79)73-58(85)43(29-44-34-67-36-70-44)30-45(75)35-69-54(81)39(7-2)17-10-13-24-60/h34,36-43,46-48H,6-33,35,60-62H2,1-5H3,(H2,63,79)(H2,64,80)(H,67,70)(H,69,81)(H,71,82)(H,72,83)(H,73,85)(H,74,84)(H4,65,66,68)/t38-,39-,40+,41+,42+,43+,46-,47-,48-/m0/s1. The van der Waals surface area contributed by atoms with Crippen LogP contribution in [-0.4, -0.2) is 137 Å². The lowest BCUT2D eigenvalue weighted by Crippen LogP contribution is -2.49. The molecule has 0 fully saturated rings. The van der Waals surface area contributed by atoms with E-state index in [1.807, 2.05) is 27.7 Å². The van der Waals surface area contributed by atoms with Crippen molar-refractivity contribution in [1.82, 2.24) is 36.6 Å². The van der Waals surface area contributed by atoms with Crippen LogP contribution in [0, 0.1) is 35.5 Å². The lowest BCUT2D eigenvalue weighted by molar-refractivity contribution is -0.136. The highest BCUT2D eigenvalue weighted by Crippen LogP contribution is 2.23. The second kappa shape index (κ2) is 43.9. The molecule has 7 amide bonds. The van der Waals surface area contributed by atoms with Crippen LogP contribution < -0.4 is 66.7 Å². The predicted octanol–water partition coefficient (Wildman–Crippen LogP) is 1.17. The molecule has 0 radical (unpaired) electrons. The van der Waals surface area contributed by atoms with Crippen LogP contribution in [0.1, 0.15) is 188 Å². The van der Waals surface area contributed by atoms with E-state index in [0.29, 0.717) is 76.6 Å². The number of rotatable bonds is 51. The molecule has 1 aromatic rings. The average molecular weight is 1200 g/mol. The number of unbranched alkanes of at least 4 members (excludes halogenated alkanes) is 5. The summed E-state index contributed by atoms with van der Waals surface area (Å²) >= 11 is 0. The van der Waals surface area contributed by atoms with Gasteiger partial charge in [0.25, 0.3) is 0 Å². The van der Waals surface area contributed by atoms with Crippen LogP contribution in [0.3, 0.4) is 0 Å². The Balaban J connectivity index is 3.53. The summed E-state index contributed by atoms with van der Waals surface area (Å²) in [5.41, 5.74) is 40.1. The van der Waals surface area contributed by atoms with E-state index in [0.717, 1.165) is 25.7 Å². The number of aromatic amines is 1. The predicted molar refractivity (Wildman–Crippen MR) is 325 cm³/mol. The highest BCUT2D eigenvalue weighted by Gasteiger charge is 2.35. The monoisotopic (exact) mass is 1200 g/mol. The number of hydrogen-bond donors (Lipinski definition) is 13. The second-order valence-electron chi connectivity index (χ2n) is 22.9. The molecule has 0 saturated carbocycles. The number of carbonyl (C=O) groups is 11. The Morgan fingerprint density at radius 2 is 1.04 bits per heavy atom. The zero-order chi connectivity index (χ0) is 63.9. The van der Waals surface area contributed by atoms with Crippen molar-refractivity contribution in [2.24, 2.45) is 80.6 Å². The zero-order valence-corrected chi connectivity index (χ0v) is 51.4. The number of guanidine groups is 1. The molecule has 0 aliphatic rings. The summed E-state index contributed by atoms with van der Waals surface area (Å²) in [6.07, 6.45) is 8.97. The van der Waals surface area contributed by atoms with Gasteiger partial charge < -0.3 is 71.7 Å². The van der Waals surface area contributed by atoms with E-state index < -0.39 is 113 Å². The zero-order valence-electron chi connectivity index (χ0n) is 51.4. The number of primary amides is 2. The number of nitrogens with zero attached hydrogens (tertiary/aromatic N) is 2. The van der Waals surface area contributed by atoms with Crippen molar-refractivity contribution in [3.8, 4) is 0 Å². The molecule has 1 heterocycles. The van der Waals surface area contributed by atoms with Gasteiger partial charge in [-0.05, 0) is 110 Å². The first kappa shape index (κ1) is 76.3. The molecule has 26 heteroatoms. The van der Waals surface area contributed by atoms with Gasteiger partial charge in [0, 0.05) is 80.6 Å². The summed E-state index contributed by atoms with van der Waals surface area (Å²) in [7, 11) is 0. The van der Waals surface area contributed by atoms with E-state index in [9.17, 15) is 52.7 Å². The van der Waals surface area contributed by atoms with Crippen LogP contribution >= 0.6 is 0 Å². The molecule has 0 aliphatic heterocycles. The van der Waals surface area contributed by atoms with Gasteiger partial charge in [-0.25, -0.2) is 4.98 Å². The third kappa shape index (κ3) is 33.0. The summed E-state index contributed by atoms with van der Waals surface area (Å²) in [5, 5.41) is 13.7. The smallest absolute Gasteiger partial charge is 0.239 e. The maximum Gasteiger partial charge on any atom is 0.239 e. The van der Waals surface area contributed by atoms with E-state index >= 15 is 0 Å². The van der Waals surface area contributed by atoms with Gasteiger partial charge in [-0.15, -0.1) is 0 Å². The number of nitrogens with two attached hydrogens (primary N) is 7. The first-order valence-electron chi connectivity index (χ1n) is 30.7. The van der Waals surface area contributed by atoms with Crippen molar-refractivity contribution in [2.45, 2.75) is 213 Å². The van der Waals surface area contributed by atoms with Gasteiger partial charge in [-0.3, -0.25) is 57.7 Å². The lowest BCUT2D eigenvalue weighted by atomic mass is 9.88. The Kier molecular flexibility index (Phi) is 39.4. The molecule has 1 rings (SSSR count). The van der Waals surface area contributed by atoms with Crippen molar-refractivity contribution < 1.29 is 52.7 Å². The number of hydrogen-bond acceptors (Lipinski definition) is 16. The average Bonchev–Trinajstić information content (AvgIpc) is 4.17. The van der Waals surface area contributed by atoms with Gasteiger partial charge in [0.15, 0.2) is 29.1 Å². The fraction of sp³-hybridized carbons (Fsp3) is 0.746. The van der Waals surface area contributed by atoms with Crippen LogP contribution in [0.4, 0.5) is 0 Å². The van der Waals surface area contributed by atoms with Crippen molar-refractivity contribution in [3.63, 3.8) is 0 Å². The summed E-state index contributed by atoms with van der Waals surface area (Å²) in [5.74, 6) is -10.8. The van der Waals surface area contributed by atoms with Gasteiger partial charge in [0.1, 0.15) is 6.04 Å². The summed E-state index contributed by atoms with van der Waals surface area (Å²) in [6, 6.07) is -4.57. The molecule has 1 aromatic heterocycles. The largest absolute Gasteiger partial charge is 0.370 e. The fourth-order valence-electron chi connectivity index (χ4n) is 10.00.